The molecule has 2 atom stereocenters. The van der Waals surface area contributed by atoms with E-state index < -0.39 is 0 Å². The van der Waals surface area contributed by atoms with Crippen LogP contribution in [0.2, 0.25) is 0 Å². The van der Waals surface area contributed by atoms with Crippen LogP contribution < -0.4 is 5.73 Å². The predicted octanol–water partition coefficient (Wildman–Crippen LogP) is 1.60. The quantitative estimate of drug-likeness (QED) is 0.715. The Morgan fingerprint density at radius 2 is 2.00 bits per heavy atom. The van der Waals surface area contributed by atoms with Gasteiger partial charge in [-0.3, -0.25) is 0 Å². The molecule has 1 saturated carbocycles. The summed E-state index contributed by atoms with van der Waals surface area (Å²) >= 11 is 0. The van der Waals surface area contributed by atoms with Crippen LogP contribution in [0.1, 0.15) is 39.0 Å². The minimum absolute atomic E-state index is 0.236. The van der Waals surface area contributed by atoms with E-state index in [9.17, 15) is 0 Å². The van der Waals surface area contributed by atoms with E-state index in [-0.39, 0.29) is 5.54 Å². The molecule has 1 aliphatic carbocycles. The second-order valence-electron chi connectivity index (χ2n) is 4.99. The maximum absolute atomic E-state index is 6.16. The molecule has 13 heavy (non-hydrogen) atoms. The summed E-state index contributed by atoms with van der Waals surface area (Å²) in [6, 6.07) is 0. The smallest absolute Gasteiger partial charge is 0.0184 e. The van der Waals surface area contributed by atoms with Crippen LogP contribution in [0.5, 0.6) is 0 Å². The van der Waals surface area contributed by atoms with Crippen LogP contribution in [-0.2, 0) is 0 Å². The van der Waals surface area contributed by atoms with Gasteiger partial charge >= 0.3 is 0 Å². The SMILES string of the molecule is CC1CC1(N)CCCN1CCCC1. The molecule has 0 radical (unpaired) electrons. The van der Waals surface area contributed by atoms with Crippen molar-refractivity contribution in [1.82, 2.24) is 4.90 Å². The fraction of sp³-hybridized carbons (Fsp3) is 1.00. The Balaban J connectivity index is 1.58. The standard InChI is InChI=1S/C11H22N2/c1-10-9-11(10,12)5-4-8-13-6-2-3-7-13/h10H,2-9,12H2,1H3. The van der Waals surface area contributed by atoms with E-state index in [1.54, 1.807) is 0 Å². The molecule has 2 unspecified atom stereocenters. The first-order valence-corrected chi connectivity index (χ1v) is 5.72. The van der Waals surface area contributed by atoms with E-state index in [4.69, 9.17) is 5.73 Å². The maximum Gasteiger partial charge on any atom is 0.0184 e. The highest BCUT2D eigenvalue weighted by Gasteiger charge is 2.46. The van der Waals surface area contributed by atoms with Crippen molar-refractivity contribution in [2.75, 3.05) is 19.6 Å². The molecule has 0 aromatic carbocycles. The van der Waals surface area contributed by atoms with Crippen LogP contribution in [0.15, 0.2) is 0 Å². The molecule has 1 saturated heterocycles. The van der Waals surface area contributed by atoms with Crippen molar-refractivity contribution in [3.8, 4) is 0 Å². The molecule has 1 aliphatic heterocycles. The van der Waals surface area contributed by atoms with Crippen molar-refractivity contribution in [3.05, 3.63) is 0 Å². The van der Waals surface area contributed by atoms with E-state index in [1.807, 2.05) is 0 Å². The first-order valence-electron chi connectivity index (χ1n) is 5.72. The third-order valence-electron chi connectivity index (χ3n) is 3.82. The minimum Gasteiger partial charge on any atom is -0.325 e. The lowest BCUT2D eigenvalue weighted by atomic mass is 10.1. The minimum atomic E-state index is 0.236. The highest BCUT2D eigenvalue weighted by atomic mass is 15.1. The van der Waals surface area contributed by atoms with Gasteiger partial charge in [0.15, 0.2) is 0 Å². The Kier molecular flexibility index (Phi) is 2.61. The molecule has 76 valence electrons. The van der Waals surface area contributed by atoms with Crippen LogP contribution in [0, 0.1) is 5.92 Å². The zero-order valence-corrected chi connectivity index (χ0v) is 8.76. The summed E-state index contributed by atoms with van der Waals surface area (Å²) < 4.78 is 0. The van der Waals surface area contributed by atoms with Gasteiger partial charge in [-0.1, -0.05) is 6.92 Å². The molecule has 0 aromatic rings. The average molecular weight is 182 g/mol. The first-order chi connectivity index (χ1) is 6.21. The van der Waals surface area contributed by atoms with Gasteiger partial charge in [-0.15, -0.1) is 0 Å². The van der Waals surface area contributed by atoms with Crippen LogP contribution in [0.4, 0.5) is 0 Å². The molecule has 0 amide bonds. The molecular weight excluding hydrogens is 160 g/mol. The molecule has 0 bridgehead atoms. The third-order valence-corrected chi connectivity index (χ3v) is 3.82. The fourth-order valence-electron chi connectivity index (χ4n) is 2.50. The van der Waals surface area contributed by atoms with E-state index in [0.29, 0.717) is 0 Å². The van der Waals surface area contributed by atoms with Gasteiger partial charge in [0.05, 0.1) is 0 Å². The zero-order chi connectivity index (χ0) is 9.31. The molecule has 2 fully saturated rings. The molecule has 0 aromatic heterocycles. The van der Waals surface area contributed by atoms with Gasteiger partial charge < -0.3 is 10.6 Å². The van der Waals surface area contributed by atoms with Crippen LogP contribution >= 0.6 is 0 Å². The summed E-state index contributed by atoms with van der Waals surface area (Å²) in [4.78, 5) is 2.58. The summed E-state index contributed by atoms with van der Waals surface area (Å²) in [5.41, 5.74) is 6.39. The van der Waals surface area contributed by atoms with E-state index >= 15 is 0 Å². The van der Waals surface area contributed by atoms with Crippen molar-refractivity contribution < 1.29 is 0 Å². The van der Waals surface area contributed by atoms with E-state index in [2.05, 4.69) is 11.8 Å². The Morgan fingerprint density at radius 3 is 2.54 bits per heavy atom. The van der Waals surface area contributed by atoms with Gasteiger partial charge in [-0.25, -0.2) is 0 Å². The first kappa shape index (κ1) is 9.47. The Morgan fingerprint density at radius 1 is 1.38 bits per heavy atom. The summed E-state index contributed by atoms with van der Waals surface area (Å²) in [7, 11) is 0. The third kappa shape index (κ3) is 2.23. The lowest BCUT2D eigenvalue weighted by Gasteiger charge is -2.16. The predicted molar refractivity (Wildman–Crippen MR) is 55.6 cm³/mol. The van der Waals surface area contributed by atoms with Gasteiger partial charge in [0.1, 0.15) is 0 Å². The maximum atomic E-state index is 6.16. The summed E-state index contributed by atoms with van der Waals surface area (Å²) in [5.74, 6) is 0.783. The Labute approximate surface area is 81.5 Å². The van der Waals surface area contributed by atoms with Crippen molar-refractivity contribution in [2.24, 2.45) is 11.7 Å². The van der Waals surface area contributed by atoms with Crippen LogP contribution in [-0.4, -0.2) is 30.1 Å². The van der Waals surface area contributed by atoms with Gasteiger partial charge in [-0.2, -0.15) is 0 Å². The molecule has 2 N–H and O–H groups in total. The van der Waals surface area contributed by atoms with Crippen LogP contribution in [0.25, 0.3) is 0 Å². The molecule has 2 rings (SSSR count). The van der Waals surface area contributed by atoms with Crippen molar-refractivity contribution in [3.63, 3.8) is 0 Å². The molecule has 2 heteroatoms. The van der Waals surface area contributed by atoms with Crippen molar-refractivity contribution in [1.29, 1.82) is 0 Å². The highest BCUT2D eigenvalue weighted by Crippen LogP contribution is 2.43. The summed E-state index contributed by atoms with van der Waals surface area (Å²) in [6.45, 7) is 6.21. The second-order valence-corrected chi connectivity index (χ2v) is 4.99. The van der Waals surface area contributed by atoms with E-state index in [1.165, 1.54) is 51.7 Å². The molecule has 2 nitrogen and oxygen atoms in total. The normalized spacial score (nSPS) is 39.7. The van der Waals surface area contributed by atoms with E-state index in [0.717, 1.165) is 5.92 Å². The summed E-state index contributed by atoms with van der Waals surface area (Å²) in [5, 5.41) is 0. The number of hydrogen-bond donors (Lipinski definition) is 1. The van der Waals surface area contributed by atoms with Gasteiger partial charge in [-0.05, 0) is 57.7 Å². The Bertz CT molecular complexity index is 175. The monoisotopic (exact) mass is 182 g/mol. The number of nitrogens with two attached hydrogens (primary N) is 1. The van der Waals surface area contributed by atoms with Crippen molar-refractivity contribution >= 4 is 0 Å². The zero-order valence-electron chi connectivity index (χ0n) is 8.76. The number of likely N-dealkylation sites (tertiary alicyclic amines) is 1. The number of rotatable bonds is 4. The number of nitrogens with zero attached hydrogens (tertiary/aromatic N) is 1. The Hall–Kier alpha value is -0.0800. The largest absolute Gasteiger partial charge is 0.325 e. The lowest BCUT2D eigenvalue weighted by molar-refractivity contribution is 0.321. The molecule has 0 spiro atoms. The van der Waals surface area contributed by atoms with Gasteiger partial charge in [0.25, 0.3) is 0 Å². The van der Waals surface area contributed by atoms with Crippen LogP contribution in [0.3, 0.4) is 0 Å². The molecule has 1 heterocycles. The van der Waals surface area contributed by atoms with Crippen molar-refractivity contribution in [2.45, 2.75) is 44.6 Å². The number of hydrogen-bond acceptors (Lipinski definition) is 2. The average Bonchev–Trinajstić information content (AvgIpc) is 2.55. The molecular formula is C11H22N2. The summed E-state index contributed by atoms with van der Waals surface area (Å²) in [6.07, 6.45) is 6.62. The molecule has 2 aliphatic rings. The second kappa shape index (κ2) is 3.58. The van der Waals surface area contributed by atoms with Gasteiger partial charge in [0, 0.05) is 5.54 Å². The highest BCUT2D eigenvalue weighted by molar-refractivity contribution is 5.05. The van der Waals surface area contributed by atoms with Gasteiger partial charge in [0.2, 0.25) is 0 Å². The topological polar surface area (TPSA) is 29.3 Å². The lowest BCUT2D eigenvalue weighted by Crippen LogP contribution is -2.27. The fourth-order valence-corrected chi connectivity index (χ4v) is 2.50.